The van der Waals surface area contributed by atoms with Crippen molar-refractivity contribution in [3.8, 4) is 11.5 Å². The number of carbonyl (C=O) groups is 1. The van der Waals surface area contributed by atoms with Crippen LogP contribution in [0.15, 0.2) is 0 Å². The molecule has 0 spiro atoms. The lowest BCUT2D eigenvalue weighted by molar-refractivity contribution is -0.111. The number of Topliss-reactive ketones (excluding diaryl/α,β-unsaturated/α-hetero) is 1. The van der Waals surface area contributed by atoms with E-state index in [0.717, 1.165) is 0 Å². The van der Waals surface area contributed by atoms with E-state index in [1.54, 1.807) is 6.92 Å². The molecule has 0 aromatic heterocycles. The molecule has 0 aromatic rings. The fourth-order valence-electron chi connectivity index (χ4n) is 2.63. The van der Waals surface area contributed by atoms with Crippen molar-refractivity contribution in [2.45, 2.75) is 65.1 Å². The third kappa shape index (κ3) is 3.20. The quantitative estimate of drug-likeness (QED) is 0.526. The lowest BCUT2D eigenvalue weighted by atomic mass is 10.5. The van der Waals surface area contributed by atoms with E-state index in [-0.39, 0.29) is 5.78 Å². The van der Waals surface area contributed by atoms with E-state index in [4.69, 9.17) is 0 Å². The van der Waals surface area contributed by atoms with Crippen LogP contribution in [-0.4, -0.2) is 13.9 Å². The summed E-state index contributed by atoms with van der Waals surface area (Å²) < 4.78 is 0. The Bertz CT molecular complexity index is 257. The molecule has 0 aromatic carbocycles. The third-order valence-corrected chi connectivity index (χ3v) is 9.61. The second-order valence-electron chi connectivity index (χ2n) is 5.20. The average molecular weight is 224 g/mol. The first-order valence-corrected chi connectivity index (χ1v) is 8.02. The molecule has 0 aliphatic rings. The molecule has 0 aliphatic heterocycles. The minimum Gasteiger partial charge on any atom is -0.285 e. The zero-order chi connectivity index (χ0) is 12.2. The lowest BCUT2D eigenvalue weighted by Gasteiger charge is -2.37. The fourth-order valence-corrected chi connectivity index (χ4v) is 7.89. The van der Waals surface area contributed by atoms with Crippen LogP contribution < -0.4 is 0 Å². The summed E-state index contributed by atoms with van der Waals surface area (Å²) in [5, 5.41) is 0. The highest BCUT2D eigenvalue weighted by molar-refractivity contribution is 6.90. The molecule has 0 unspecified atom stereocenters. The Hall–Kier alpha value is -0.553. The Morgan fingerprint density at radius 1 is 0.933 bits per heavy atom. The molecule has 0 rings (SSSR count). The van der Waals surface area contributed by atoms with Crippen molar-refractivity contribution in [3.05, 3.63) is 0 Å². The van der Waals surface area contributed by atoms with Gasteiger partial charge in [-0.05, 0) is 22.5 Å². The molecule has 0 saturated carbocycles. The highest BCUT2D eigenvalue weighted by Gasteiger charge is 2.41. The van der Waals surface area contributed by atoms with Crippen LogP contribution in [0.2, 0.25) is 16.6 Å². The molecule has 0 saturated heterocycles. The van der Waals surface area contributed by atoms with Crippen molar-refractivity contribution in [1.82, 2.24) is 0 Å². The normalized spacial score (nSPS) is 11.9. The zero-order valence-corrected chi connectivity index (χ0v) is 12.1. The van der Waals surface area contributed by atoms with Crippen LogP contribution in [0.3, 0.4) is 0 Å². The predicted molar refractivity (Wildman–Crippen MR) is 69.5 cm³/mol. The highest BCUT2D eigenvalue weighted by Crippen LogP contribution is 2.40. The maximum atomic E-state index is 11.0. The van der Waals surface area contributed by atoms with E-state index in [1.165, 1.54) is 0 Å². The fraction of sp³-hybridized carbons (Fsp3) is 0.769. The Morgan fingerprint density at radius 2 is 1.27 bits per heavy atom. The van der Waals surface area contributed by atoms with Crippen LogP contribution in [-0.2, 0) is 4.79 Å². The van der Waals surface area contributed by atoms with Crippen molar-refractivity contribution in [2.75, 3.05) is 0 Å². The number of hydrogen-bond donors (Lipinski definition) is 0. The number of rotatable bonds is 3. The summed E-state index contributed by atoms with van der Waals surface area (Å²) in [6.45, 7) is 15.1. The molecule has 15 heavy (non-hydrogen) atoms. The van der Waals surface area contributed by atoms with Gasteiger partial charge in [0.1, 0.15) is 8.07 Å². The Labute approximate surface area is 95.7 Å². The SMILES string of the molecule is CC(=O)C#C[Si](C(C)C)(C(C)C)C(C)C. The van der Waals surface area contributed by atoms with Crippen molar-refractivity contribution in [3.63, 3.8) is 0 Å². The van der Waals surface area contributed by atoms with Crippen molar-refractivity contribution >= 4 is 13.9 Å². The first kappa shape index (κ1) is 14.4. The molecule has 0 aliphatic carbocycles. The lowest BCUT2D eigenvalue weighted by Crippen LogP contribution is -2.43. The smallest absolute Gasteiger partial charge is 0.201 e. The largest absolute Gasteiger partial charge is 0.285 e. The van der Waals surface area contributed by atoms with Gasteiger partial charge in [0.25, 0.3) is 0 Å². The molecule has 1 nitrogen and oxygen atoms in total. The van der Waals surface area contributed by atoms with Crippen molar-refractivity contribution in [2.24, 2.45) is 0 Å². The predicted octanol–water partition coefficient (Wildman–Crippen LogP) is 3.80. The van der Waals surface area contributed by atoms with Crippen LogP contribution >= 0.6 is 0 Å². The van der Waals surface area contributed by atoms with Gasteiger partial charge in [0.15, 0.2) is 0 Å². The summed E-state index contributed by atoms with van der Waals surface area (Å²) in [7, 11) is -1.67. The van der Waals surface area contributed by atoms with E-state index in [0.29, 0.717) is 16.6 Å². The Kier molecular flexibility index (Phi) is 5.31. The molecule has 0 amide bonds. The van der Waals surface area contributed by atoms with Gasteiger partial charge < -0.3 is 0 Å². The first-order chi connectivity index (χ1) is 6.75. The molecular weight excluding hydrogens is 200 g/mol. The Balaban J connectivity index is 5.37. The average Bonchev–Trinajstić information content (AvgIpc) is 2.02. The minimum atomic E-state index is -1.67. The van der Waals surface area contributed by atoms with Gasteiger partial charge in [-0.2, -0.15) is 0 Å². The maximum absolute atomic E-state index is 11.0. The summed E-state index contributed by atoms with van der Waals surface area (Å²) >= 11 is 0. The van der Waals surface area contributed by atoms with Gasteiger partial charge in [0, 0.05) is 6.92 Å². The third-order valence-electron chi connectivity index (χ3n) is 3.32. The zero-order valence-electron chi connectivity index (χ0n) is 11.1. The van der Waals surface area contributed by atoms with Crippen LogP contribution in [0, 0.1) is 11.5 Å². The molecule has 0 radical (unpaired) electrons. The van der Waals surface area contributed by atoms with Crippen LogP contribution in [0.25, 0.3) is 0 Å². The van der Waals surface area contributed by atoms with Crippen LogP contribution in [0.1, 0.15) is 48.5 Å². The summed E-state index contributed by atoms with van der Waals surface area (Å²) in [6, 6.07) is 0. The van der Waals surface area contributed by atoms with Gasteiger partial charge in [-0.1, -0.05) is 41.5 Å². The number of ketones is 1. The Morgan fingerprint density at radius 3 is 1.47 bits per heavy atom. The molecule has 86 valence electrons. The van der Waals surface area contributed by atoms with E-state index >= 15 is 0 Å². The van der Waals surface area contributed by atoms with Gasteiger partial charge in [-0.25, -0.2) is 0 Å². The molecule has 0 atom stereocenters. The van der Waals surface area contributed by atoms with E-state index in [2.05, 4.69) is 53.0 Å². The summed E-state index contributed by atoms with van der Waals surface area (Å²) in [6.07, 6.45) is 0. The van der Waals surface area contributed by atoms with Gasteiger partial charge in [-0.15, -0.1) is 5.54 Å². The molecule has 0 N–H and O–H groups in total. The van der Waals surface area contributed by atoms with Gasteiger partial charge >= 0.3 is 0 Å². The van der Waals surface area contributed by atoms with E-state index < -0.39 is 8.07 Å². The van der Waals surface area contributed by atoms with Crippen LogP contribution in [0.5, 0.6) is 0 Å². The molecule has 2 heteroatoms. The highest BCUT2D eigenvalue weighted by atomic mass is 28.3. The minimum absolute atomic E-state index is 0.00572. The van der Waals surface area contributed by atoms with Crippen LogP contribution in [0.4, 0.5) is 0 Å². The monoisotopic (exact) mass is 224 g/mol. The standard InChI is InChI=1S/C13H24OSi/c1-10(2)15(11(3)4,12(5)6)9-8-13(7)14/h10-12H,1-7H3. The first-order valence-electron chi connectivity index (χ1n) is 5.78. The molecule has 0 fully saturated rings. The number of carbonyl (C=O) groups excluding carboxylic acids is 1. The van der Waals surface area contributed by atoms with Crippen molar-refractivity contribution in [1.29, 1.82) is 0 Å². The second kappa shape index (κ2) is 5.51. The van der Waals surface area contributed by atoms with Crippen molar-refractivity contribution < 1.29 is 4.79 Å². The summed E-state index contributed by atoms with van der Waals surface area (Å²) in [5.74, 6) is 2.80. The van der Waals surface area contributed by atoms with E-state index in [1.807, 2.05) is 0 Å². The summed E-state index contributed by atoms with van der Waals surface area (Å²) in [5.41, 5.74) is 5.17. The number of hydrogen-bond acceptors (Lipinski definition) is 1. The maximum Gasteiger partial charge on any atom is 0.201 e. The van der Waals surface area contributed by atoms with Gasteiger partial charge in [0.05, 0.1) is 0 Å². The summed E-state index contributed by atoms with van der Waals surface area (Å²) in [4.78, 5) is 11.0. The molecule has 0 heterocycles. The van der Waals surface area contributed by atoms with Gasteiger partial charge in [0.2, 0.25) is 5.78 Å². The molecular formula is C13H24OSi. The van der Waals surface area contributed by atoms with E-state index in [9.17, 15) is 4.79 Å². The second-order valence-corrected chi connectivity index (χ2v) is 10.8. The topological polar surface area (TPSA) is 17.1 Å². The van der Waals surface area contributed by atoms with Gasteiger partial charge in [-0.3, -0.25) is 4.79 Å². The molecule has 0 bridgehead atoms.